The number of hydrogen-bond donors (Lipinski definition) is 1. The fourth-order valence-corrected chi connectivity index (χ4v) is 2.51. The fraction of sp³-hybridized carbons (Fsp3) is 0.533. The van der Waals surface area contributed by atoms with Crippen LogP contribution in [0, 0.1) is 0 Å². The summed E-state index contributed by atoms with van der Waals surface area (Å²) < 4.78 is 0. The van der Waals surface area contributed by atoms with Gasteiger partial charge in [0.2, 0.25) is 5.91 Å². The normalized spacial score (nSPS) is 17.6. The summed E-state index contributed by atoms with van der Waals surface area (Å²) in [5.74, 6) is 0.212. The third kappa shape index (κ3) is 3.10. The van der Waals surface area contributed by atoms with E-state index in [4.69, 9.17) is 0 Å². The molecule has 1 amide bonds. The number of hydrogen-bond acceptors (Lipinski definition) is 2. The van der Waals surface area contributed by atoms with Gasteiger partial charge in [-0.1, -0.05) is 24.3 Å². The zero-order valence-electron chi connectivity index (χ0n) is 11.3. The van der Waals surface area contributed by atoms with Crippen LogP contribution < -0.4 is 5.32 Å². The Morgan fingerprint density at radius 2 is 2.17 bits per heavy atom. The van der Waals surface area contributed by atoms with Crippen molar-refractivity contribution in [1.82, 2.24) is 10.2 Å². The van der Waals surface area contributed by atoms with Crippen molar-refractivity contribution in [2.45, 2.75) is 31.7 Å². The highest BCUT2D eigenvalue weighted by molar-refractivity contribution is 5.75. The molecule has 0 fully saturated rings. The topological polar surface area (TPSA) is 32.3 Å². The fourth-order valence-electron chi connectivity index (χ4n) is 2.51. The van der Waals surface area contributed by atoms with Crippen LogP contribution in [0.4, 0.5) is 0 Å². The lowest BCUT2D eigenvalue weighted by molar-refractivity contribution is -0.128. The molecule has 1 atom stereocenters. The highest BCUT2D eigenvalue weighted by atomic mass is 16.2. The molecular formula is C15H22N2O. The molecule has 0 aliphatic heterocycles. The zero-order valence-corrected chi connectivity index (χ0v) is 11.3. The van der Waals surface area contributed by atoms with Crippen LogP contribution in [0.1, 0.15) is 36.4 Å². The molecule has 1 aliphatic carbocycles. The Morgan fingerprint density at radius 3 is 2.94 bits per heavy atom. The van der Waals surface area contributed by atoms with Crippen LogP contribution in [0.5, 0.6) is 0 Å². The summed E-state index contributed by atoms with van der Waals surface area (Å²) in [7, 11) is 3.62. The van der Waals surface area contributed by atoms with E-state index in [9.17, 15) is 4.79 Å². The first-order valence-electron chi connectivity index (χ1n) is 6.70. The van der Waals surface area contributed by atoms with Gasteiger partial charge in [0.15, 0.2) is 0 Å². The summed E-state index contributed by atoms with van der Waals surface area (Å²) >= 11 is 0. The minimum Gasteiger partial charge on any atom is -0.349 e. The second kappa shape index (κ2) is 6.01. The van der Waals surface area contributed by atoms with E-state index in [-0.39, 0.29) is 5.91 Å². The molecule has 0 spiro atoms. The maximum atomic E-state index is 11.4. The first kappa shape index (κ1) is 13.1. The largest absolute Gasteiger partial charge is 0.349 e. The molecule has 0 radical (unpaired) electrons. The molecule has 1 aliphatic rings. The maximum absolute atomic E-state index is 11.4. The summed E-state index contributed by atoms with van der Waals surface area (Å²) in [5, 5.41) is 3.56. The van der Waals surface area contributed by atoms with Crippen molar-refractivity contribution in [2.24, 2.45) is 0 Å². The Kier molecular flexibility index (Phi) is 4.37. The van der Waals surface area contributed by atoms with Gasteiger partial charge >= 0.3 is 0 Å². The predicted molar refractivity (Wildman–Crippen MR) is 73.4 cm³/mol. The summed E-state index contributed by atoms with van der Waals surface area (Å²) in [6.07, 6.45) is 3.90. The molecule has 0 aromatic heterocycles. The molecule has 1 aromatic carbocycles. The molecule has 0 bridgehead atoms. The zero-order chi connectivity index (χ0) is 13.0. The molecule has 1 unspecified atom stereocenters. The molecule has 0 saturated carbocycles. The Labute approximate surface area is 109 Å². The molecule has 18 heavy (non-hydrogen) atoms. The van der Waals surface area contributed by atoms with Crippen molar-refractivity contribution < 1.29 is 4.79 Å². The van der Waals surface area contributed by atoms with Gasteiger partial charge in [-0.3, -0.25) is 4.79 Å². The number of aryl methyl sites for hydroxylation is 1. The van der Waals surface area contributed by atoms with Gasteiger partial charge in [-0.25, -0.2) is 0 Å². The van der Waals surface area contributed by atoms with Gasteiger partial charge in [0.05, 0.1) is 0 Å². The minimum atomic E-state index is 0.212. The summed E-state index contributed by atoms with van der Waals surface area (Å²) in [4.78, 5) is 13.1. The third-order valence-corrected chi connectivity index (χ3v) is 3.59. The van der Waals surface area contributed by atoms with Gasteiger partial charge in [-0.05, 0) is 36.9 Å². The van der Waals surface area contributed by atoms with Gasteiger partial charge in [0, 0.05) is 26.6 Å². The number of carbonyl (C=O) groups is 1. The number of fused-ring (bicyclic) bond motifs is 1. The van der Waals surface area contributed by atoms with Crippen molar-refractivity contribution in [2.75, 3.05) is 20.6 Å². The quantitative estimate of drug-likeness (QED) is 0.807. The number of benzene rings is 1. The Bertz CT molecular complexity index is 415. The number of amides is 1. The van der Waals surface area contributed by atoms with E-state index in [1.165, 1.54) is 24.0 Å². The summed E-state index contributed by atoms with van der Waals surface area (Å²) in [6, 6.07) is 9.12. The molecule has 1 aromatic rings. The van der Waals surface area contributed by atoms with E-state index in [0.29, 0.717) is 12.5 Å². The molecule has 0 heterocycles. The number of nitrogens with zero attached hydrogens (tertiary/aromatic N) is 1. The van der Waals surface area contributed by atoms with Crippen LogP contribution in [-0.2, 0) is 11.2 Å². The van der Waals surface area contributed by atoms with Crippen LogP contribution in [0.3, 0.4) is 0 Å². The van der Waals surface area contributed by atoms with E-state index in [0.717, 1.165) is 13.0 Å². The van der Waals surface area contributed by atoms with E-state index in [1.54, 1.807) is 4.90 Å². The van der Waals surface area contributed by atoms with Crippen LogP contribution in [0.15, 0.2) is 24.3 Å². The minimum absolute atomic E-state index is 0.212. The van der Waals surface area contributed by atoms with Gasteiger partial charge < -0.3 is 10.2 Å². The highest BCUT2D eigenvalue weighted by Crippen LogP contribution is 2.30. The smallest absolute Gasteiger partial charge is 0.222 e. The van der Waals surface area contributed by atoms with Crippen LogP contribution in [0.25, 0.3) is 0 Å². The van der Waals surface area contributed by atoms with E-state index >= 15 is 0 Å². The lowest BCUT2D eigenvalue weighted by Crippen LogP contribution is -2.24. The van der Waals surface area contributed by atoms with Crippen molar-refractivity contribution in [3.63, 3.8) is 0 Å². The van der Waals surface area contributed by atoms with E-state index < -0.39 is 0 Å². The molecule has 3 heteroatoms. The van der Waals surface area contributed by atoms with Gasteiger partial charge in [-0.15, -0.1) is 0 Å². The van der Waals surface area contributed by atoms with Crippen LogP contribution in [0.2, 0.25) is 0 Å². The second-order valence-electron chi connectivity index (χ2n) is 5.14. The highest BCUT2D eigenvalue weighted by Gasteiger charge is 2.20. The van der Waals surface area contributed by atoms with Crippen LogP contribution >= 0.6 is 0 Å². The Hall–Kier alpha value is -1.35. The Balaban J connectivity index is 1.74. The van der Waals surface area contributed by atoms with E-state index in [1.807, 2.05) is 14.1 Å². The second-order valence-corrected chi connectivity index (χ2v) is 5.14. The average Bonchev–Trinajstić information content (AvgIpc) is 2.77. The molecule has 0 saturated heterocycles. The lowest BCUT2D eigenvalue weighted by atomic mass is 10.1. The standard InChI is InChI=1S/C15H22N2O/c1-17(2)15(18)8-5-11-16-14-10-9-12-6-3-4-7-13(12)14/h3-4,6-7,14,16H,5,8-11H2,1-2H3. The lowest BCUT2D eigenvalue weighted by Gasteiger charge is -2.14. The first-order chi connectivity index (χ1) is 8.68. The van der Waals surface area contributed by atoms with Crippen molar-refractivity contribution in [3.05, 3.63) is 35.4 Å². The molecule has 2 rings (SSSR count). The molecule has 3 nitrogen and oxygen atoms in total. The van der Waals surface area contributed by atoms with Crippen molar-refractivity contribution in [1.29, 1.82) is 0 Å². The predicted octanol–water partition coefficient (Wildman–Crippen LogP) is 2.13. The maximum Gasteiger partial charge on any atom is 0.222 e. The van der Waals surface area contributed by atoms with E-state index in [2.05, 4.69) is 29.6 Å². The van der Waals surface area contributed by atoms with Gasteiger partial charge in [-0.2, -0.15) is 0 Å². The molecule has 1 N–H and O–H groups in total. The first-order valence-corrected chi connectivity index (χ1v) is 6.70. The van der Waals surface area contributed by atoms with Gasteiger partial charge in [0.1, 0.15) is 0 Å². The Morgan fingerprint density at radius 1 is 1.39 bits per heavy atom. The third-order valence-electron chi connectivity index (χ3n) is 3.59. The number of rotatable bonds is 5. The van der Waals surface area contributed by atoms with Crippen LogP contribution in [-0.4, -0.2) is 31.4 Å². The van der Waals surface area contributed by atoms with Crippen molar-refractivity contribution in [3.8, 4) is 0 Å². The number of nitrogens with one attached hydrogen (secondary N) is 1. The van der Waals surface area contributed by atoms with Gasteiger partial charge in [0.25, 0.3) is 0 Å². The average molecular weight is 246 g/mol. The molecular weight excluding hydrogens is 224 g/mol. The SMILES string of the molecule is CN(C)C(=O)CCCNC1CCc2ccccc21. The number of carbonyl (C=O) groups excluding carboxylic acids is 1. The van der Waals surface area contributed by atoms with Crippen molar-refractivity contribution >= 4 is 5.91 Å². The molecule has 98 valence electrons. The summed E-state index contributed by atoms with van der Waals surface area (Å²) in [6.45, 7) is 0.915. The summed E-state index contributed by atoms with van der Waals surface area (Å²) in [5.41, 5.74) is 2.91. The monoisotopic (exact) mass is 246 g/mol.